The van der Waals surface area contributed by atoms with Crippen molar-refractivity contribution >= 4 is 11.8 Å². The van der Waals surface area contributed by atoms with E-state index in [1.807, 2.05) is 0 Å². The van der Waals surface area contributed by atoms with Crippen LogP contribution in [0.25, 0.3) is 0 Å². The van der Waals surface area contributed by atoms with Crippen molar-refractivity contribution in [1.82, 2.24) is 10.2 Å². The van der Waals surface area contributed by atoms with E-state index in [4.69, 9.17) is 4.74 Å². The van der Waals surface area contributed by atoms with E-state index in [2.05, 4.69) is 5.32 Å². The number of nitrogens with zero attached hydrogens (tertiary/aromatic N) is 1. The second kappa shape index (κ2) is 8.29. The van der Waals surface area contributed by atoms with E-state index < -0.39 is 11.7 Å². The molecule has 0 saturated carbocycles. The fourth-order valence-electron chi connectivity index (χ4n) is 3.46. The Morgan fingerprint density at radius 2 is 1.78 bits per heavy atom. The molecule has 2 aliphatic heterocycles. The van der Waals surface area contributed by atoms with Crippen LogP contribution in [0.4, 0.5) is 13.2 Å². The molecule has 2 fully saturated rings. The molecule has 1 unspecified atom stereocenters. The third-order valence-electron chi connectivity index (χ3n) is 5.20. The van der Waals surface area contributed by atoms with E-state index in [9.17, 15) is 22.8 Å². The molecule has 0 aromatic heterocycles. The average Bonchev–Trinajstić information content (AvgIpc) is 3.19. The van der Waals surface area contributed by atoms with Gasteiger partial charge in [0.2, 0.25) is 5.91 Å². The predicted molar refractivity (Wildman–Crippen MR) is 92.0 cm³/mol. The fourth-order valence-corrected chi connectivity index (χ4v) is 3.46. The number of rotatable bonds is 4. The summed E-state index contributed by atoms with van der Waals surface area (Å²) in [6.45, 7) is 2.88. The van der Waals surface area contributed by atoms with Crippen LogP contribution in [0, 0.1) is 11.8 Å². The van der Waals surface area contributed by atoms with Gasteiger partial charge in [0.05, 0.1) is 12.2 Å². The van der Waals surface area contributed by atoms with E-state index in [1.54, 1.807) is 4.90 Å². The molecule has 2 heterocycles. The van der Waals surface area contributed by atoms with Crippen LogP contribution < -0.4 is 5.32 Å². The Bertz CT molecular complexity index is 662. The Labute approximate surface area is 155 Å². The summed E-state index contributed by atoms with van der Waals surface area (Å²) in [5, 5.41) is 2.96. The highest BCUT2D eigenvalue weighted by molar-refractivity contribution is 5.94. The molecule has 8 heteroatoms. The van der Waals surface area contributed by atoms with Gasteiger partial charge in [-0.05, 0) is 43.5 Å². The summed E-state index contributed by atoms with van der Waals surface area (Å²) in [4.78, 5) is 26.3. The Kier molecular flexibility index (Phi) is 6.04. The minimum absolute atomic E-state index is 0.00327. The highest BCUT2D eigenvalue weighted by atomic mass is 19.4. The largest absolute Gasteiger partial charge is 0.416 e. The standard InChI is InChI=1S/C19H23F3N2O3/c20-19(21,22)16-3-1-15(2-4-16)18(26)24-8-5-14(6-9-24)17(25)23-11-13-7-10-27-12-13/h1-4,13-14H,5-12H2,(H,23,25). The van der Waals surface area contributed by atoms with Gasteiger partial charge in [-0.25, -0.2) is 0 Å². The molecule has 0 bridgehead atoms. The number of hydrogen-bond acceptors (Lipinski definition) is 3. The first-order chi connectivity index (χ1) is 12.8. The Morgan fingerprint density at radius 1 is 1.11 bits per heavy atom. The van der Waals surface area contributed by atoms with Gasteiger partial charge >= 0.3 is 6.18 Å². The van der Waals surface area contributed by atoms with Crippen molar-refractivity contribution in [3.8, 4) is 0 Å². The summed E-state index contributed by atoms with van der Waals surface area (Å²) in [5.74, 6) is -0.0616. The summed E-state index contributed by atoms with van der Waals surface area (Å²) in [6, 6.07) is 4.24. The molecule has 0 aliphatic carbocycles. The zero-order valence-corrected chi connectivity index (χ0v) is 14.9. The average molecular weight is 384 g/mol. The molecule has 5 nitrogen and oxygen atoms in total. The van der Waals surface area contributed by atoms with Crippen LogP contribution in [0.3, 0.4) is 0 Å². The van der Waals surface area contributed by atoms with Gasteiger partial charge in [-0.15, -0.1) is 0 Å². The Morgan fingerprint density at radius 3 is 2.33 bits per heavy atom. The van der Waals surface area contributed by atoms with Crippen LogP contribution in [0.15, 0.2) is 24.3 Å². The number of hydrogen-bond donors (Lipinski definition) is 1. The third kappa shape index (κ3) is 5.00. The van der Waals surface area contributed by atoms with Crippen molar-refractivity contribution in [3.63, 3.8) is 0 Å². The number of piperidine rings is 1. The lowest BCUT2D eigenvalue weighted by molar-refractivity contribution is -0.137. The van der Waals surface area contributed by atoms with Gasteiger partial charge in [0.25, 0.3) is 5.91 Å². The number of benzene rings is 1. The highest BCUT2D eigenvalue weighted by Crippen LogP contribution is 2.29. The number of ether oxygens (including phenoxy) is 1. The Hall–Kier alpha value is -2.09. The SMILES string of the molecule is O=C(NCC1CCOC1)C1CCN(C(=O)c2ccc(C(F)(F)F)cc2)CC1. The lowest BCUT2D eigenvalue weighted by Crippen LogP contribution is -2.43. The van der Waals surface area contributed by atoms with Crippen LogP contribution in [-0.4, -0.2) is 49.6 Å². The minimum Gasteiger partial charge on any atom is -0.381 e. The number of carbonyl (C=O) groups excluding carboxylic acids is 2. The van der Waals surface area contributed by atoms with E-state index in [0.29, 0.717) is 45.0 Å². The first-order valence-electron chi connectivity index (χ1n) is 9.16. The molecule has 148 valence electrons. The maximum atomic E-state index is 12.6. The van der Waals surface area contributed by atoms with E-state index in [0.717, 1.165) is 25.2 Å². The van der Waals surface area contributed by atoms with E-state index in [1.165, 1.54) is 12.1 Å². The van der Waals surface area contributed by atoms with Gasteiger partial charge in [-0.2, -0.15) is 13.2 Å². The van der Waals surface area contributed by atoms with Gasteiger partial charge in [-0.1, -0.05) is 0 Å². The summed E-state index contributed by atoms with van der Waals surface area (Å²) >= 11 is 0. The summed E-state index contributed by atoms with van der Waals surface area (Å²) in [7, 11) is 0. The molecular formula is C19H23F3N2O3. The lowest BCUT2D eigenvalue weighted by Gasteiger charge is -2.31. The number of halogens is 3. The summed E-state index contributed by atoms with van der Waals surface area (Å²) < 4.78 is 43.1. The van der Waals surface area contributed by atoms with Crippen molar-refractivity contribution in [1.29, 1.82) is 0 Å². The minimum atomic E-state index is -4.42. The van der Waals surface area contributed by atoms with Crippen molar-refractivity contribution in [2.24, 2.45) is 11.8 Å². The summed E-state index contributed by atoms with van der Waals surface area (Å²) in [5.41, 5.74) is -0.547. The van der Waals surface area contributed by atoms with E-state index in [-0.39, 0.29) is 23.3 Å². The van der Waals surface area contributed by atoms with Crippen molar-refractivity contribution in [2.75, 3.05) is 32.8 Å². The first-order valence-corrected chi connectivity index (χ1v) is 9.16. The van der Waals surface area contributed by atoms with Gasteiger partial charge in [0.1, 0.15) is 0 Å². The monoisotopic (exact) mass is 384 g/mol. The molecule has 0 radical (unpaired) electrons. The molecule has 27 heavy (non-hydrogen) atoms. The van der Waals surface area contributed by atoms with Crippen molar-refractivity contribution in [2.45, 2.75) is 25.4 Å². The van der Waals surface area contributed by atoms with Crippen LogP contribution in [0.2, 0.25) is 0 Å². The van der Waals surface area contributed by atoms with Gasteiger partial charge < -0.3 is 15.0 Å². The predicted octanol–water partition coefficient (Wildman–Crippen LogP) is 2.71. The molecule has 0 spiro atoms. The second-order valence-corrected chi connectivity index (χ2v) is 7.12. The quantitative estimate of drug-likeness (QED) is 0.869. The highest BCUT2D eigenvalue weighted by Gasteiger charge is 2.31. The number of nitrogens with one attached hydrogen (secondary N) is 1. The zero-order valence-electron chi connectivity index (χ0n) is 14.9. The van der Waals surface area contributed by atoms with Crippen molar-refractivity contribution < 1.29 is 27.5 Å². The van der Waals surface area contributed by atoms with Crippen molar-refractivity contribution in [3.05, 3.63) is 35.4 Å². The lowest BCUT2D eigenvalue weighted by atomic mass is 9.95. The molecular weight excluding hydrogens is 361 g/mol. The number of carbonyl (C=O) groups is 2. The topological polar surface area (TPSA) is 58.6 Å². The fraction of sp³-hybridized carbons (Fsp3) is 0.579. The van der Waals surface area contributed by atoms with Gasteiger partial charge in [0, 0.05) is 43.6 Å². The van der Waals surface area contributed by atoms with Gasteiger partial charge in [-0.3, -0.25) is 9.59 Å². The normalized spacial score (nSPS) is 21.3. The molecule has 1 N–H and O–H groups in total. The molecule has 2 saturated heterocycles. The van der Waals surface area contributed by atoms with Crippen LogP contribution >= 0.6 is 0 Å². The summed E-state index contributed by atoms with van der Waals surface area (Å²) in [6.07, 6.45) is -2.35. The number of amides is 2. The number of alkyl halides is 3. The maximum absolute atomic E-state index is 12.6. The van der Waals surface area contributed by atoms with Crippen LogP contribution in [-0.2, 0) is 15.7 Å². The Balaban J connectivity index is 1.48. The second-order valence-electron chi connectivity index (χ2n) is 7.12. The van der Waals surface area contributed by atoms with Crippen LogP contribution in [0.5, 0.6) is 0 Å². The van der Waals surface area contributed by atoms with Gasteiger partial charge in [0.15, 0.2) is 0 Å². The third-order valence-corrected chi connectivity index (χ3v) is 5.20. The zero-order chi connectivity index (χ0) is 19.4. The first kappa shape index (κ1) is 19.7. The maximum Gasteiger partial charge on any atom is 0.416 e. The molecule has 3 rings (SSSR count). The molecule has 1 aromatic carbocycles. The van der Waals surface area contributed by atoms with Crippen LogP contribution in [0.1, 0.15) is 35.2 Å². The molecule has 1 atom stereocenters. The smallest absolute Gasteiger partial charge is 0.381 e. The molecule has 2 amide bonds. The number of likely N-dealkylation sites (tertiary alicyclic amines) is 1. The molecule has 1 aromatic rings. The molecule has 2 aliphatic rings. The van der Waals surface area contributed by atoms with E-state index >= 15 is 0 Å².